The van der Waals surface area contributed by atoms with Gasteiger partial charge in [0.2, 0.25) is 0 Å². The lowest BCUT2D eigenvalue weighted by Gasteiger charge is -2.53. The number of Topliss-reactive ketones (excluding diaryl/α,β-unsaturated/α-hetero) is 1. The van der Waals surface area contributed by atoms with Crippen molar-refractivity contribution in [2.45, 2.75) is 78.1 Å². The molecule has 0 heterocycles. The molecule has 0 radical (unpaired) electrons. The zero-order valence-corrected chi connectivity index (χ0v) is 20.8. The van der Waals surface area contributed by atoms with E-state index in [1.54, 1.807) is 32.9 Å². The smallest absolute Gasteiger partial charge is 0.333 e. The highest BCUT2D eigenvalue weighted by molar-refractivity contribution is 6.19. The van der Waals surface area contributed by atoms with E-state index in [9.17, 15) is 19.8 Å². The van der Waals surface area contributed by atoms with Crippen molar-refractivity contribution >= 4 is 23.4 Å². The van der Waals surface area contributed by atoms with Crippen molar-refractivity contribution in [2.75, 3.05) is 5.88 Å². The first-order valence-electron chi connectivity index (χ1n) is 11.5. The minimum absolute atomic E-state index is 0.0976. The number of fused-ring (bicyclic) bond motifs is 5. The number of rotatable bonds is 3. The van der Waals surface area contributed by atoms with E-state index in [0.29, 0.717) is 17.6 Å². The van der Waals surface area contributed by atoms with Gasteiger partial charge < -0.3 is 14.9 Å². The van der Waals surface area contributed by atoms with Gasteiger partial charge in [0.05, 0.1) is 5.60 Å². The lowest BCUT2D eigenvalue weighted by molar-refractivity contribution is -0.196. The molecule has 6 heteroatoms. The summed E-state index contributed by atoms with van der Waals surface area (Å²) in [5.74, 6) is -2.07. The van der Waals surface area contributed by atoms with E-state index >= 15 is 0 Å². The van der Waals surface area contributed by atoms with Gasteiger partial charge in [0.1, 0.15) is 11.2 Å². The third-order valence-corrected chi connectivity index (χ3v) is 10.2. The molecule has 4 aliphatic carbocycles. The molecular weight excluding hydrogens is 428 g/mol. The Bertz CT molecular complexity index is 992. The first-order valence-corrected chi connectivity index (χ1v) is 12.0. The molecule has 0 aromatic heterocycles. The average Bonchev–Trinajstić information content (AvgIpc) is 3.03. The lowest BCUT2D eigenvalue weighted by atomic mass is 9.56. The molecule has 7 atom stereocenters. The quantitative estimate of drug-likeness (QED) is 0.285. The van der Waals surface area contributed by atoms with Crippen LogP contribution in [-0.2, 0) is 14.3 Å². The van der Waals surface area contributed by atoms with Crippen molar-refractivity contribution in [3.8, 4) is 0 Å². The van der Waals surface area contributed by atoms with Gasteiger partial charge in [-0.05, 0) is 38.7 Å². The normalized spacial score (nSPS) is 46.9. The molecule has 32 heavy (non-hydrogen) atoms. The molecule has 176 valence electrons. The van der Waals surface area contributed by atoms with E-state index in [-0.39, 0.29) is 30.0 Å². The molecule has 0 aromatic carbocycles. The van der Waals surface area contributed by atoms with Crippen LogP contribution >= 0.6 is 11.6 Å². The number of aliphatic hydroxyl groups is 2. The largest absolute Gasteiger partial charge is 0.454 e. The van der Waals surface area contributed by atoms with Crippen LogP contribution in [0.25, 0.3) is 0 Å². The number of halogens is 1. The third kappa shape index (κ3) is 2.43. The summed E-state index contributed by atoms with van der Waals surface area (Å²) in [6.45, 7) is 13.4. The fourth-order valence-corrected chi connectivity index (χ4v) is 7.66. The van der Waals surface area contributed by atoms with Crippen molar-refractivity contribution in [1.29, 1.82) is 0 Å². The summed E-state index contributed by atoms with van der Waals surface area (Å²) < 4.78 is 6.25. The molecule has 0 aromatic rings. The molecule has 5 nitrogen and oxygen atoms in total. The summed E-state index contributed by atoms with van der Waals surface area (Å²) in [5.41, 5.74) is -3.13. The standard InChI is InChI=1S/C26H35ClO5/c1-8-14(2)21(29)32-25-11-16(4)26(31)18(23(25,7)22(25,5)6)10-17(13-27)12-24(30)19(26)9-15(3)20(24)28/h8-10,16,18-19,30-31H,11-13H2,1-7H3/b14-8+/t16-,18+,19-,23-,24?,25-,26-/m1/s1. The van der Waals surface area contributed by atoms with Gasteiger partial charge in [-0.25, -0.2) is 4.79 Å². The van der Waals surface area contributed by atoms with Gasteiger partial charge in [-0.15, -0.1) is 11.6 Å². The monoisotopic (exact) mass is 462 g/mol. The summed E-state index contributed by atoms with van der Waals surface area (Å²) in [4.78, 5) is 25.9. The first kappa shape index (κ1) is 23.7. The molecule has 0 saturated heterocycles. The predicted octanol–water partition coefficient (Wildman–Crippen LogP) is 4.11. The number of esters is 1. The Morgan fingerprint density at radius 3 is 2.44 bits per heavy atom. The molecule has 0 spiro atoms. The number of allylic oxidation sites excluding steroid dienone is 1. The molecule has 2 fully saturated rings. The van der Waals surface area contributed by atoms with Gasteiger partial charge in [-0.3, -0.25) is 4.79 Å². The SMILES string of the molecule is C/C=C(\C)C(=O)O[C@@]12C[C@@H](C)[C@]3(O)[C@@H]4C=C(C)C(=O)C4(O)CC(CCl)=C[C@H]3[C@]1(C)C2(C)C. The van der Waals surface area contributed by atoms with Crippen LogP contribution < -0.4 is 0 Å². The summed E-state index contributed by atoms with van der Waals surface area (Å²) in [6, 6.07) is 0. The number of alkyl halides is 1. The maximum atomic E-state index is 13.0. The molecule has 2 N–H and O–H groups in total. The minimum Gasteiger partial charge on any atom is -0.454 e. The average molecular weight is 463 g/mol. The van der Waals surface area contributed by atoms with E-state index in [1.165, 1.54) is 0 Å². The number of ether oxygens (including phenoxy) is 1. The predicted molar refractivity (Wildman–Crippen MR) is 123 cm³/mol. The molecular formula is C26H35ClO5. The van der Waals surface area contributed by atoms with E-state index < -0.39 is 39.5 Å². The highest BCUT2D eigenvalue weighted by atomic mass is 35.5. The fraction of sp³-hybridized carbons (Fsp3) is 0.692. The molecule has 0 amide bonds. The summed E-state index contributed by atoms with van der Waals surface area (Å²) in [5, 5.41) is 24.1. The fourth-order valence-electron chi connectivity index (χ4n) is 7.47. The van der Waals surface area contributed by atoms with Crippen LogP contribution in [0.2, 0.25) is 0 Å². The summed E-state index contributed by atoms with van der Waals surface area (Å²) in [7, 11) is 0. The van der Waals surface area contributed by atoms with Crippen molar-refractivity contribution in [2.24, 2.45) is 28.6 Å². The first-order chi connectivity index (χ1) is 14.7. The van der Waals surface area contributed by atoms with Crippen LogP contribution in [0.3, 0.4) is 0 Å². The van der Waals surface area contributed by atoms with Gasteiger partial charge in [-0.2, -0.15) is 0 Å². The van der Waals surface area contributed by atoms with E-state index in [4.69, 9.17) is 16.3 Å². The molecule has 4 aliphatic rings. The number of hydrogen-bond donors (Lipinski definition) is 2. The van der Waals surface area contributed by atoms with Crippen molar-refractivity contribution in [1.82, 2.24) is 0 Å². The Balaban J connectivity index is 1.91. The second kappa shape index (κ2) is 6.80. The van der Waals surface area contributed by atoms with Gasteiger partial charge >= 0.3 is 5.97 Å². The summed E-state index contributed by atoms with van der Waals surface area (Å²) in [6.07, 6.45) is 6.00. The Kier molecular flexibility index (Phi) is 5.04. The molecule has 0 bridgehead atoms. The number of carbonyl (C=O) groups is 2. The Hall–Kier alpha value is -1.43. The Morgan fingerprint density at radius 1 is 1.25 bits per heavy atom. The van der Waals surface area contributed by atoms with Crippen molar-refractivity contribution < 1.29 is 24.5 Å². The zero-order valence-electron chi connectivity index (χ0n) is 20.1. The van der Waals surface area contributed by atoms with Crippen LogP contribution in [-0.4, -0.2) is 44.6 Å². The van der Waals surface area contributed by atoms with Crippen molar-refractivity contribution in [3.05, 3.63) is 34.9 Å². The molecule has 1 unspecified atom stereocenters. The molecule has 2 saturated carbocycles. The highest BCUT2D eigenvalue weighted by Gasteiger charge is 2.90. The third-order valence-electron chi connectivity index (χ3n) is 9.86. The minimum atomic E-state index is -1.71. The lowest BCUT2D eigenvalue weighted by Crippen LogP contribution is -2.62. The number of ketones is 1. The highest BCUT2D eigenvalue weighted by Crippen LogP contribution is 2.84. The van der Waals surface area contributed by atoms with E-state index in [1.807, 2.05) is 13.0 Å². The second-order valence-electron chi connectivity index (χ2n) is 11.2. The van der Waals surface area contributed by atoms with Gasteiger partial charge in [0, 0.05) is 40.5 Å². The van der Waals surface area contributed by atoms with Gasteiger partial charge in [0.25, 0.3) is 0 Å². The van der Waals surface area contributed by atoms with Crippen LogP contribution in [0.4, 0.5) is 0 Å². The van der Waals surface area contributed by atoms with Crippen LogP contribution in [0, 0.1) is 28.6 Å². The number of carbonyl (C=O) groups excluding carboxylic acids is 2. The van der Waals surface area contributed by atoms with Crippen LogP contribution in [0.1, 0.15) is 61.3 Å². The topological polar surface area (TPSA) is 83.8 Å². The summed E-state index contributed by atoms with van der Waals surface area (Å²) >= 11 is 6.28. The zero-order chi connectivity index (χ0) is 24.1. The second-order valence-corrected chi connectivity index (χ2v) is 11.5. The maximum Gasteiger partial charge on any atom is 0.333 e. The van der Waals surface area contributed by atoms with Gasteiger partial charge in [-0.1, -0.05) is 51.5 Å². The van der Waals surface area contributed by atoms with Crippen molar-refractivity contribution in [3.63, 3.8) is 0 Å². The molecule has 0 aliphatic heterocycles. The number of hydrogen-bond acceptors (Lipinski definition) is 5. The van der Waals surface area contributed by atoms with Gasteiger partial charge in [0.15, 0.2) is 5.78 Å². The van der Waals surface area contributed by atoms with E-state index in [0.717, 1.165) is 5.57 Å². The van der Waals surface area contributed by atoms with E-state index in [2.05, 4.69) is 20.8 Å². The van der Waals surface area contributed by atoms with Crippen LogP contribution in [0.15, 0.2) is 34.9 Å². The Labute approximate surface area is 195 Å². The maximum absolute atomic E-state index is 13.0. The molecule has 4 rings (SSSR count). The Morgan fingerprint density at radius 2 is 1.88 bits per heavy atom. The van der Waals surface area contributed by atoms with Crippen LogP contribution in [0.5, 0.6) is 0 Å².